The molecule has 0 atom stereocenters. The smallest absolute Gasteiger partial charge is 0.260 e. The molecular formula is C15H14BrN3O. The van der Waals surface area contributed by atoms with Crippen molar-refractivity contribution in [3.8, 4) is 11.5 Å². The van der Waals surface area contributed by atoms with Gasteiger partial charge in [-0.3, -0.25) is 4.98 Å². The van der Waals surface area contributed by atoms with E-state index in [0.29, 0.717) is 11.7 Å². The molecule has 2 heterocycles. The number of aromatic nitrogens is 3. The number of nitrogens with zero attached hydrogens (tertiary/aromatic N) is 3. The number of pyridine rings is 1. The first-order valence-corrected chi connectivity index (χ1v) is 7.14. The Morgan fingerprint density at radius 2 is 1.80 bits per heavy atom. The monoisotopic (exact) mass is 331 g/mol. The fraction of sp³-hybridized carbons (Fsp3) is 0.267. The summed E-state index contributed by atoms with van der Waals surface area (Å²) in [7, 11) is 0. The molecule has 5 heteroatoms. The standard InChI is InChI=1S/C15H14BrN3O/c1-7-5-11(16)6-12-8(2)13(9(3)17-14(7)12)15-18-10(4)19-20-15/h5-6H,1-4H3. The van der Waals surface area contributed by atoms with Crippen molar-refractivity contribution < 1.29 is 4.52 Å². The second-order valence-corrected chi connectivity index (χ2v) is 5.88. The van der Waals surface area contributed by atoms with E-state index in [1.54, 1.807) is 0 Å². The first kappa shape index (κ1) is 13.2. The minimum absolute atomic E-state index is 0.532. The van der Waals surface area contributed by atoms with Crippen LogP contribution in [0.1, 0.15) is 22.6 Å². The number of fused-ring (bicyclic) bond motifs is 1. The molecule has 0 fully saturated rings. The Labute approximate surface area is 125 Å². The Hall–Kier alpha value is -1.75. The topological polar surface area (TPSA) is 51.8 Å². The highest BCUT2D eigenvalue weighted by atomic mass is 79.9. The van der Waals surface area contributed by atoms with Crippen LogP contribution < -0.4 is 0 Å². The maximum absolute atomic E-state index is 5.31. The van der Waals surface area contributed by atoms with Crippen molar-refractivity contribution in [1.29, 1.82) is 0 Å². The van der Waals surface area contributed by atoms with Gasteiger partial charge in [0.1, 0.15) is 0 Å². The summed E-state index contributed by atoms with van der Waals surface area (Å²) in [5, 5.41) is 4.97. The van der Waals surface area contributed by atoms with Crippen LogP contribution in [0.4, 0.5) is 0 Å². The van der Waals surface area contributed by atoms with E-state index in [2.05, 4.69) is 52.1 Å². The van der Waals surface area contributed by atoms with E-state index in [1.165, 1.54) is 0 Å². The van der Waals surface area contributed by atoms with Crippen LogP contribution in [0.3, 0.4) is 0 Å². The molecule has 3 rings (SSSR count). The van der Waals surface area contributed by atoms with Crippen molar-refractivity contribution in [2.45, 2.75) is 27.7 Å². The van der Waals surface area contributed by atoms with Gasteiger partial charge in [0.05, 0.1) is 16.8 Å². The summed E-state index contributed by atoms with van der Waals surface area (Å²) in [5.74, 6) is 1.16. The van der Waals surface area contributed by atoms with Crippen LogP contribution in [0, 0.1) is 27.7 Å². The first-order valence-electron chi connectivity index (χ1n) is 6.35. The van der Waals surface area contributed by atoms with Crippen LogP contribution in [0.15, 0.2) is 21.1 Å². The molecule has 0 unspecified atom stereocenters. The molecule has 0 spiro atoms. The lowest BCUT2D eigenvalue weighted by atomic mass is 10.00. The van der Waals surface area contributed by atoms with Crippen molar-refractivity contribution in [2.24, 2.45) is 0 Å². The van der Waals surface area contributed by atoms with Gasteiger partial charge in [-0.2, -0.15) is 4.98 Å². The number of hydrogen-bond donors (Lipinski definition) is 0. The largest absolute Gasteiger partial charge is 0.334 e. The molecule has 0 bridgehead atoms. The number of benzene rings is 1. The predicted octanol–water partition coefficient (Wildman–Crippen LogP) is 4.28. The van der Waals surface area contributed by atoms with E-state index >= 15 is 0 Å². The van der Waals surface area contributed by atoms with E-state index in [0.717, 1.165) is 37.8 Å². The minimum Gasteiger partial charge on any atom is -0.334 e. The Bertz CT molecular complexity index is 824. The number of halogens is 1. The van der Waals surface area contributed by atoms with E-state index in [-0.39, 0.29) is 0 Å². The third kappa shape index (κ3) is 2.02. The fourth-order valence-electron chi connectivity index (χ4n) is 2.51. The molecule has 0 radical (unpaired) electrons. The van der Waals surface area contributed by atoms with Gasteiger partial charge >= 0.3 is 0 Å². The zero-order chi connectivity index (χ0) is 14.4. The van der Waals surface area contributed by atoms with Crippen molar-refractivity contribution in [3.63, 3.8) is 0 Å². The van der Waals surface area contributed by atoms with E-state index in [4.69, 9.17) is 9.51 Å². The molecule has 0 amide bonds. The fourth-order valence-corrected chi connectivity index (χ4v) is 3.09. The quantitative estimate of drug-likeness (QED) is 0.667. The van der Waals surface area contributed by atoms with Gasteiger partial charge in [0.2, 0.25) is 0 Å². The van der Waals surface area contributed by atoms with Crippen LogP contribution in [-0.2, 0) is 0 Å². The second kappa shape index (κ2) is 4.66. The molecule has 4 nitrogen and oxygen atoms in total. The highest BCUT2D eigenvalue weighted by Crippen LogP contribution is 2.33. The molecule has 0 saturated heterocycles. The lowest BCUT2D eigenvalue weighted by Gasteiger charge is -2.11. The van der Waals surface area contributed by atoms with Crippen LogP contribution >= 0.6 is 15.9 Å². The predicted molar refractivity (Wildman–Crippen MR) is 81.7 cm³/mol. The van der Waals surface area contributed by atoms with Gasteiger partial charge in [-0.1, -0.05) is 21.1 Å². The van der Waals surface area contributed by atoms with Crippen molar-refractivity contribution in [1.82, 2.24) is 15.1 Å². The van der Waals surface area contributed by atoms with Gasteiger partial charge in [0, 0.05) is 9.86 Å². The lowest BCUT2D eigenvalue weighted by molar-refractivity contribution is 0.425. The first-order chi connectivity index (χ1) is 9.47. The Kier molecular flexibility index (Phi) is 3.09. The van der Waals surface area contributed by atoms with Crippen LogP contribution in [-0.4, -0.2) is 15.1 Å². The maximum atomic E-state index is 5.31. The SMILES string of the molecule is Cc1noc(-c2c(C)nc3c(C)cc(Br)cc3c2C)n1. The van der Waals surface area contributed by atoms with Crippen molar-refractivity contribution in [3.05, 3.63) is 39.3 Å². The lowest BCUT2D eigenvalue weighted by Crippen LogP contribution is -1.96. The molecule has 0 aliphatic heterocycles. The summed E-state index contributed by atoms with van der Waals surface area (Å²) in [6.07, 6.45) is 0. The molecular weight excluding hydrogens is 318 g/mol. The van der Waals surface area contributed by atoms with Gasteiger partial charge in [0.15, 0.2) is 5.82 Å². The zero-order valence-corrected chi connectivity index (χ0v) is 13.4. The number of aryl methyl sites for hydroxylation is 4. The second-order valence-electron chi connectivity index (χ2n) is 4.96. The van der Waals surface area contributed by atoms with Crippen LogP contribution in [0.25, 0.3) is 22.4 Å². The molecule has 0 aliphatic carbocycles. The summed E-state index contributed by atoms with van der Waals surface area (Å²) < 4.78 is 6.35. The summed E-state index contributed by atoms with van der Waals surface area (Å²) in [4.78, 5) is 9.04. The van der Waals surface area contributed by atoms with Gasteiger partial charge in [0.25, 0.3) is 5.89 Å². The number of hydrogen-bond acceptors (Lipinski definition) is 4. The molecule has 102 valence electrons. The van der Waals surface area contributed by atoms with Gasteiger partial charge < -0.3 is 4.52 Å². The summed E-state index contributed by atoms with van der Waals surface area (Å²) in [6.45, 7) is 7.92. The minimum atomic E-state index is 0.532. The van der Waals surface area contributed by atoms with Gasteiger partial charge in [-0.05, 0) is 51.0 Å². The highest BCUT2D eigenvalue weighted by molar-refractivity contribution is 9.10. The van der Waals surface area contributed by atoms with Crippen molar-refractivity contribution in [2.75, 3.05) is 0 Å². The average molecular weight is 332 g/mol. The summed E-state index contributed by atoms with van der Waals surface area (Å²) >= 11 is 3.54. The molecule has 1 aromatic carbocycles. The van der Waals surface area contributed by atoms with Crippen LogP contribution in [0.2, 0.25) is 0 Å². The normalized spacial score (nSPS) is 11.2. The maximum Gasteiger partial charge on any atom is 0.260 e. The van der Waals surface area contributed by atoms with Crippen LogP contribution in [0.5, 0.6) is 0 Å². The Morgan fingerprint density at radius 3 is 2.45 bits per heavy atom. The Balaban J connectivity index is 2.39. The molecule has 0 aliphatic rings. The molecule has 3 aromatic rings. The third-order valence-electron chi connectivity index (χ3n) is 3.43. The number of rotatable bonds is 1. The van der Waals surface area contributed by atoms with Crippen molar-refractivity contribution >= 4 is 26.8 Å². The zero-order valence-electron chi connectivity index (χ0n) is 11.8. The van der Waals surface area contributed by atoms with E-state index < -0.39 is 0 Å². The summed E-state index contributed by atoms with van der Waals surface area (Å²) in [6, 6.07) is 4.15. The molecule has 20 heavy (non-hydrogen) atoms. The van der Waals surface area contributed by atoms with Gasteiger partial charge in [-0.25, -0.2) is 0 Å². The average Bonchev–Trinajstić information content (AvgIpc) is 2.78. The molecule has 0 saturated carbocycles. The molecule has 2 aromatic heterocycles. The van der Waals surface area contributed by atoms with E-state index in [9.17, 15) is 0 Å². The Morgan fingerprint density at radius 1 is 1.05 bits per heavy atom. The third-order valence-corrected chi connectivity index (χ3v) is 3.88. The summed E-state index contributed by atoms with van der Waals surface area (Å²) in [5.41, 5.74) is 5.11. The highest BCUT2D eigenvalue weighted by Gasteiger charge is 2.17. The van der Waals surface area contributed by atoms with Gasteiger partial charge in [-0.15, -0.1) is 0 Å². The molecule has 0 N–H and O–H groups in total. The van der Waals surface area contributed by atoms with E-state index in [1.807, 2.05) is 13.8 Å².